The van der Waals surface area contributed by atoms with Crippen LogP contribution in [0.4, 0.5) is 17.1 Å². The van der Waals surface area contributed by atoms with Crippen LogP contribution in [0.5, 0.6) is 0 Å². The van der Waals surface area contributed by atoms with Crippen LogP contribution < -0.4 is 4.90 Å². The highest BCUT2D eigenvalue weighted by atomic mass is 16.3. The number of anilines is 3. The van der Waals surface area contributed by atoms with Crippen LogP contribution in [0.2, 0.25) is 0 Å². The van der Waals surface area contributed by atoms with E-state index in [0.29, 0.717) is 0 Å². The summed E-state index contributed by atoms with van der Waals surface area (Å²) in [5, 5.41) is 2.21. The molecule has 1 aliphatic carbocycles. The van der Waals surface area contributed by atoms with E-state index in [1.165, 1.54) is 61.3 Å². The Morgan fingerprint density at radius 3 is 1.75 bits per heavy atom. The molecule has 1 aromatic heterocycles. The van der Waals surface area contributed by atoms with Crippen molar-refractivity contribution in [1.82, 2.24) is 0 Å². The summed E-state index contributed by atoms with van der Waals surface area (Å²) in [6.45, 7) is 4.75. The van der Waals surface area contributed by atoms with Crippen LogP contribution >= 0.6 is 0 Å². The van der Waals surface area contributed by atoms with Gasteiger partial charge in [0.05, 0.1) is 11.4 Å². The van der Waals surface area contributed by atoms with Crippen LogP contribution in [0.3, 0.4) is 0 Å². The summed E-state index contributed by atoms with van der Waals surface area (Å²) in [7, 11) is 0. The van der Waals surface area contributed by atoms with Gasteiger partial charge in [0.25, 0.3) is 0 Å². The van der Waals surface area contributed by atoms with Crippen LogP contribution in [-0.2, 0) is 5.41 Å². The second-order valence-electron chi connectivity index (χ2n) is 14.5. The van der Waals surface area contributed by atoms with Crippen molar-refractivity contribution in [3.63, 3.8) is 0 Å². The van der Waals surface area contributed by atoms with Gasteiger partial charge in [-0.25, -0.2) is 0 Å². The monoisotopic (exact) mass is 679 g/mol. The number of para-hydroxylation sites is 1. The summed E-state index contributed by atoms with van der Waals surface area (Å²) < 4.78 is 6.36. The van der Waals surface area contributed by atoms with Crippen LogP contribution in [0.25, 0.3) is 66.4 Å². The third kappa shape index (κ3) is 4.94. The molecular formula is C51H37NO. The Morgan fingerprint density at radius 2 is 0.981 bits per heavy atom. The van der Waals surface area contributed by atoms with E-state index in [1.807, 2.05) is 6.07 Å². The quantitative estimate of drug-likeness (QED) is 0.174. The molecule has 0 atom stereocenters. The molecule has 0 spiro atoms. The van der Waals surface area contributed by atoms with E-state index in [-0.39, 0.29) is 5.41 Å². The van der Waals surface area contributed by atoms with Gasteiger partial charge in [-0.3, -0.25) is 0 Å². The second-order valence-corrected chi connectivity index (χ2v) is 14.5. The SMILES string of the molecule is CC1(C)c2ccccc2-c2cccc(N(c3ccc4oc5ccccc5c4c3)c3cccc(-c4ccccc4)c3-c3ccccc3-c3ccccc3)c21. The molecule has 0 fully saturated rings. The molecule has 2 nitrogen and oxygen atoms in total. The second kappa shape index (κ2) is 12.3. The van der Waals surface area contributed by atoms with Gasteiger partial charge in [-0.2, -0.15) is 0 Å². The number of benzene rings is 8. The molecule has 0 bridgehead atoms. The Hall–Kier alpha value is -6.64. The average Bonchev–Trinajstić information content (AvgIpc) is 3.70. The van der Waals surface area contributed by atoms with Crippen molar-refractivity contribution in [2.45, 2.75) is 19.3 Å². The van der Waals surface area contributed by atoms with E-state index in [1.54, 1.807) is 0 Å². The van der Waals surface area contributed by atoms with Crippen LogP contribution in [0.15, 0.2) is 192 Å². The lowest BCUT2D eigenvalue weighted by Crippen LogP contribution is -2.21. The first-order valence-electron chi connectivity index (χ1n) is 18.4. The van der Waals surface area contributed by atoms with Crippen LogP contribution in [0, 0.1) is 0 Å². The molecule has 0 saturated carbocycles. The number of nitrogens with zero attached hydrogens (tertiary/aromatic N) is 1. The maximum absolute atomic E-state index is 6.36. The molecule has 10 rings (SSSR count). The van der Waals surface area contributed by atoms with Crippen LogP contribution in [-0.4, -0.2) is 0 Å². The highest BCUT2D eigenvalue weighted by molar-refractivity contribution is 6.08. The molecule has 0 amide bonds. The normalized spacial score (nSPS) is 12.9. The van der Waals surface area contributed by atoms with Gasteiger partial charge >= 0.3 is 0 Å². The number of fused-ring (bicyclic) bond motifs is 6. The van der Waals surface area contributed by atoms with E-state index in [2.05, 4.69) is 201 Å². The van der Waals surface area contributed by atoms with Gasteiger partial charge in [-0.05, 0) is 86.5 Å². The number of furan rings is 1. The maximum Gasteiger partial charge on any atom is 0.135 e. The Balaban J connectivity index is 1.33. The zero-order chi connectivity index (χ0) is 35.5. The van der Waals surface area contributed by atoms with Gasteiger partial charge < -0.3 is 9.32 Å². The molecule has 9 aromatic rings. The Morgan fingerprint density at radius 1 is 0.415 bits per heavy atom. The molecule has 0 saturated heterocycles. The third-order valence-electron chi connectivity index (χ3n) is 11.1. The number of rotatable bonds is 6. The fourth-order valence-corrected chi connectivity index (χ4v) is 8.70. The van der Waals surface area contributed by atoms with Crippen molar-refractivity contribution >= 4 is 39.0 Å². The summed E-state index contributed by atoms with van der Waals surface area (Å²) in [6, 6.07) is 68.0. The maximum atomic E-state index is 6.36. The molecular weight excluding hydrogens is 643 g/mol. The Labute approximate surface area is 310 Å². The van der Waals surface area contributed by atoms with Crippen molar-refractivity contribution in [3.05, 3.63) is 199 Å². The molecule has 1 heterocycles. The van der Waals surface area contributed by atoms with Crippen molar-refractivity contribution in [2.75, 3.05) is 4.90 Å². The van der Waals surface area contributed by atoms with E-state index in [0.717, 1.165) is 33.3 Å². The summed E-state index contributed by atoms with van der Waals surface area (Å²) in [4.78, 5) is 2.51. The first-order chi connectivity index (χ1) is 26.1. The zero-order valence-electron chi connectivity index (χ0n) is 29.8. The Bertz CT molecular complexity index is 2810. The summed E-state index contributed by atoms with van der Waals surface area (Å²) >= 11 is 0. The van der Waals surface area contributed by atoms with Crippen molar-refractivity contribution < 1.29 is 4.42 Å². The fourth-order valence-electron chi connectivity index (χ4n) is 8.70. The molecule has 53 heavy (non-hydrogen) atoms. The fraction of sp³-hybridized carbons (Fsp3) is 0.0588. The van der Waals surface area contributed by atoms with Crippen molar-refractivity contribution in [1.29, 1.82) is 0 Å². The van der Waals surface area contributed by atoms with Crippen molar-refractivity contribution in [2.24, 2.45) is 0 Å². The highest BCUT2D eigenvalue weighted by Crippen LogP contribution is 2.56. The smallest absolute Gasteiger partial charge is 0.135 e. The van der Waals surface area contributed by atoms with E-state index >= 15 is 0 Å². The summed E-state index contributed by atoms with van der Waals surface area (Å²) in [6.07, 6.45) is 0. The molecule has 0 unspecified atom stereocenters. The van der Waals surface area contributed by atoms with Gasteiger partial charge in [0, 0.05) is 27.4 Å². The molecule has 1 aliphatic rings. The van der Waals surface area contributed by atoms with Gasteiger partial charge in [-0.1, -0.05) is 166 Å². The molecule has 0 N–H and O–H groups in total. The lowest BCUT2D eigenvalue weighted by atomic mass is 9.81. The largest absolute Gasteiger partial charge is 0.456 e. The summed E-state index contributed by atoms with van der Waals surface area (Å²) in [5.41, 5.74) is 17.3. The van der Waals surface area contributed by atoms with Crippen LogP contribution in [0.1, 0.15) is 25.0 Å². The van der Waals surface area contributed by atoms with Gasteiger partial charge in [0.2, 0.25) is 0 Å². The first-order valence-corrected chi connectivity index (χ1v) is 18.4. The lowest BCUT2D eigenvalue weighted by Gasteiger charge is -2.34. The minimum absolute atomic E-state index is 0.230. The number of hydrogen-bond acceptors (Lipinski definition) is 2. The predicted octanol–water partition coefficient (Wildman–Crippen LogP) is 14.4. The van der Waals surface area contributed by atoms with Gasteiger partial charge in [-0.15, -0.1) is 0 Å². The van der Waals surface area contributed by atoms with Gasteiger partial charge in [0.1, 0.15) is 11.2 Å². The predicted molar refractivity (Wildman–Crippen MR) is 222 cm³/mol. The minimum atomic E-state index is -0.230. The first kappa shape index (κ1) is 31.1. The van der Waals surface area contributed by atoms with Crippen molar-refractivity contribution in [3.8, 4) is 44.5 Å². The van der Waals surface area contributed by atoms with Gasteiger partial charge in [0.15, 0.2) is 0 Å². The zero-order valence-corrected chi connectivity index (χ0v) is 29.8. The minimum Gasteiger partial charge on any atom is -0.456 e. The summed E-state index contributed by atoms with van der Waals surface area (Å²) in [5.74, 6) is 0. The van der Waals surface area contributed by atoms with E-state index < -0.39 is 0 Å². The molecule has 0 radical (unpaired) electrons. The highest BCUT2D eigenvalue weighted by Gasteiger charge is 2.39. The average molecular weight is 680 g/mol. The molecule has 8 aromatic carbocycles. The van der Waals surface area contributed by atoms with E-state index in [9.17, 15) is 0 Å². The number of hydrogen-bond donors (Lipinski definition) is 0. The topological polar surface area (TPSA) is 16.4 Å². The standard InChI is InChI=1S/C51H37NO/c1-51(2)44-27-13-11-22-39(44)42-26-16-29-46(50(42)51)52(36-31-32-48-43(33-36)40-23-12-14-30-47(40)53-48)45-28-15-25-38(35-19-7-4-8-20-35)49(45)41-24-10-9-21-37(41)34-17-5-3-6-18-34/h3-33H,1-2H3. The molecule has 252 valence electrons. The molecule has 0 aliphatic heterocycles. The Kier molecular flexibility index (Phi) is 7.19. The third-order valence-corrected chi connectivity index (χ3v) is 11.1. The van der Waals surface area contributed by atoms with E-state index in [4.69, 9.17) is 4.42 Å². The molecule has 2 heteroatoms. The lowest BCUT2D eigenvalue weighted by molar-refractivity contribution is 0.660.